The third-order valence-electron chi connectivity index (χ3n) is 3.14. The van der Waals surface area contributed by atoms with E-state index in [1.165, 1.54) is 6.08 Å². The van der Waals surface area contributed by atoms with Gasteiger partial charge in [0.2, 0.25) is 5.91 Å². The molecule has 0 aliphatic carbocycles. The molecule has 1 aromatic carbocycles. The van der Waals surface area contributed by atoms with Crippen LogP contribution in [0.4, 0.5) is 5.69 Å². The minimum absolute atomic E-state index is 0.254. The predicted molar refractivity (Wildman–Crippen MR) is 83.0 cm³/mol. The van der Waals surface area contributed by atoms with Crippen LogP contribution in [0.25, 0.3) is 11.1 Å². The highest BCUT2D eigenvalue weighted by Gasteiger charge is 2.05. The molecule has 4 nitrogen and oxygen atoms in total. The number of rotatable bonds is 5. The topological polar surface area (TPSA) is 59.1 Å². The minimum atomic E-state index is -0.254. The van der Waals surface area contributed by atoms with Crippen LogP contribution >= 0.6 is 0 Å². The van der Waals surface area contributed by atoms with Gasteiger partial charge in [-0.1, -0.05) is 18.7 Å². The van der Waals surface area contributed by atoms with E-state index < -0.39 is 0 Å². The number of nitrogens with one attached hydrogen (secondary N) is 1. The molecule has 4 heteroatoms. The van der Waals surface area contributed by atoms with Gasteiger partial charge < -0.3 is 10.1 Å². The highest BCUT2D eigenvalue weighted by atomic mass is 16.1. The van der Waals surface area contributed by atoms with Gasteiger partial charge in [-0.15, -0.1) is 0 Å². The number of aldehydes is 1. The summed E-state index contributed by atoms with van der Waals surface area (Å²) in [5.41, 5.74) is 4.28. The van der Waals surface area contributed by atoms with E-state index in [2.05, 4.69) is 16.9 Å². The number of pyridine rings is 1. The number of hydrogen-bond donors (Lipinski definition) is 1. The standard InChI is InChI=1S/C17H16N2O2/c1-3-17(21)19-16-6-4-5-14(10-16)15-9-13(7-8-20)12(2)18-11-15/h3-6,8-11H,1,7H2,2H3,(H,19,21). The van der Waals surface area contributed by atoms with Crippen LogP contribution in [0.1, 0.15) is 11.3 Å². The summed E-state index contributed by atoms with van der Waals surface area (Å²) >= 11 is 0. The summed E-state index contributed by atoms with van der Waals surface area (Å²) in [5, 5.41) is 2.72. The molecule has 0 bridgehead atoms. The van der Waals surface area contributed by atoms with Crippen molar-refractivity contribution in [3.05, 3.63) is 60.4 Å². The van der Waals surface area contributed by atoms with Crippen LogP contribution in [-0.4, -0.2) is 17.2 Å². The lowest BCUT2D eigenvalue weighted by atomic mass is 10.0. The Labute approximate surface area is 123 Å². The molecule has 0 spiro atoms. The first-order chi connectivity index (χ1) is 10.1. The van der Waals surface area contributed by atoms with Crippen molar-refractivity contribution < 1.29 is 9.59 Å². The van der Waals surface area contributed by atoms with Crippen molar-refractivity contribution >= 4 is 17.9 Å². The summed E-state index contributed by atoms with van der Waals surface area (Å²) in [6.07, 6.45) is 4.20. The van der Waals surface area contributed by atoms with Gasteiger partial charge in [0.1, 0.15) is 6.29 Å². The summed E-state index contributed by atoms with van der Waals surface area (Å²) in [7, 11) is 0. The Balaban J connectivity index is 2.35. The van der Waals surface area contributed by atoms with Gasteiger partial charge in [0.15, 0.2) is 0 Å². The Morgan fingerprint density at radius 2 is 2.14 bits per heavy atom. The van der Waals surface area contributed by atoms with Crippen molar-refractivity contribution in [1.82, 2.24) is 4.98 Å². The molecule has 0 unspecified atom stereocenters. The van der Waals surface area contributed by atoms with Crippen molar-refractivity contribution in [2.24, 2.45) is 0 Å². The largest absolute Gasteiger partial charge is 0.323 e. The number of aryl methyl sites for hydroxylation is 1. The fourth-order valence-electron chi connectivity index (χ4n) is 2.00. The molecule has 0 saturated heterocycles. The molecule has 0 atom stereocenters. The first-order valence-electron chi connectivity index (χ1n) is 6.57. The molecule has 1 N–H and O–H groups in total. The Kier molecular flexibility index (Phi) is 4.61. The first kappa shape index (κ1) is 14.7. The lowest BCUT2D eigenvalue weighted by Gasteiger charge is -2.08. The van der Waals surface area contributed by atoms with Crippen molar-refractivity contribution in [2.45, 2.75) is 13.3 Å². The normalized spacial score (nSPS) is 9.95. The van der Waals surface area contributed by atoms with Crippen molar-refractivity contribution in [3.8, 4) is 11.1 Å². The van der Waals surface area contributed by atoms with E-state index >= 15 is 0 Å². The molecule has 1 aromatic heterocycles. The van der Waals surface area contributed by atoms with Crippen LogP contribution in [0.3, 0.4) is 0 Å². The van der Waals surface area contributed by atoms with Crippen molar-refractivity contribution in [3.63, 3.8) is 0 Å². The summed E-state index contributed by atoms with van der Waals surface area (Å²) in [5.74, 6) is -0.254. The molecular weight excluding hydrogens is 264 g/mol. The van der Waals surface area contributed by atoms with Crippen molar-refractivity contribution in [1.29, 1.82) is 0 Å². The van der Waals surface area contributed by atoms with Gasteiger partial charge >= 0.3 is 0 Å². The molecule has 0 aliphatic heterocycles. The van der Waals surface area contributed by atoms with E-state index in [1.54, 1.807) is 12.3 Å². The monoisotopic (exact) mass is 280 g/mol. The minimum Gasteiger partial charge on any atom is -0.323 e. The third-order valence-corrected chi connectivity index (χ3v) is 3.14. The van der Waals surface area contributed by atoms with E-state index in [9.17, 15) is 9.59 Å². The van der Waals surface area contributed by atoms with Gasteiger partial charge in [-0.2, -0.15) is 0 Å². The molecule has 0 aliphatic rings. The number of benzene rings is 1. The second-order valence-electron chi connectivity index (χ2n) is 4.61. The Morgan fingerprint density at radius 3 is 2.86 bits per heavy atom. The Bertz CT molecular complexity index is 693. The van der Waals surface area contributed by atoms with E-state index in [0.717, 1.165) is 28.7 Å². The summed E-state index contributed by atoms with van der Waals surface area (Å²) in [6.45, 7) is 5.30. The van der Waals surface area contributed by atoms with Crippen LogP contribution < -0.4 is 5.32 Å². The van der Waals surface area contributed by atoms with Crippen LogP contribution in [-0.2, 0) is 16.0 Å². The number of amides is 1. The Hall–Kier alpha value is -2.75. The number of aromatic nitrogens is 1. The zero-order chi connectivity index (χ0) is 15.2. The van der Waals surface area contributed by atoms with Gasteiger partial charge in [-0.25, -0.2) is 0 Å². The van der Waals surface area contributed by atoms with Gasteiger partial charge in [0, 0.05) is 29.6 Å². The van der Waals surface area contributed by atoms with E-state index in [0.29, 0.717) is 12.1 Å². The van der Waals surface area contributed by atoms with Crippen LogP contribution in [0.5, 0.6) is 0 Å². The maximum absolute atomic E-state index is 11.3. The van der Waals surface area contributed by atoms with Crippen molar-refractivity contribution in [2.75, 3.05) is 5.32 Å². The van der Waals surface area contributed by atoms with Gasteiger partial charge in [-0.05, 0) is 42.3 Å². The second-order valence-corrected chi connectivity index (χ2v) is 4.61. The smallest absolute Gasteiger partial charge is 0.247 e. The maximum Gasteiger partial charge on any atom is 0.247 e. The molecule has 2 aromatic rings. The molecule has 21 heavy (non-hydrogen) atoms. The van der Waals surface area contributed by atoms with Crippen LogP contribution in [0.2, 0.25) is 0 Å². The SMILES string of the molecule is C=CC(=O)Nc1cccc(-c2cnc(C)c(CC=O)c2)c1. The summed E-state index contributed by atoms with van der Waals surface area (Å²) in [4.78, 5) is 26.3. The number of hydrogen-bond acceptors (Lipinski definition) is 3. The molecular formula is C17H16N2O2. The molecule has 1 amide bonds. The lowest BCUT2D eigenvalue weighted by molar-refractivity contribution is -0.112. The van der Waals surface area contributed by atoms with Gasteiger partial charge in [0.05, 0.1) is 0 Å². The third kappa shape index (κ3) is 3.63. The fraction of sp³-hybridized carbons (Fsp3) is 0.118. The van der Waals surface area contributed by atoms with Gasteiger partial charge in [-0.3, -0.25) is 9.78 Å². The van der Waals surface area contributed by atoms with Crippen LogP contribution in [0, 0.1) is 6.92 Å². The van der Waals surface area contributed by atoms with E-state index in [1.807, 2.05) is 31.2 Å². The summed E-state index contributed by atoms with van der Waals surface area (Å²) in [6, 6.07) is 9.40. The Morgan fingerprint density at radius 1 is 1.33 bits per heavy atom. The van der Waals surface area contributed by atoms with Gasteiger partial charge in [0.25, 0.3) is 0 Å². The maximum atomic E-state index is 11.3. The quantitative estimate of drug-likeness (QED) is 0.676. The molecule has 2 rings (SSSR count). The number of anilines is 1. The second kappa shape index (κ2) is 6.61. The molecule has 0 radical (unpaired) electrons. The predicted octanol–water partition coefficient (Wildman–Crippen LogP) is 2.92. The van der Waals surface area contributed by atoms with E-state index in [4.69, 9.17) is 0 Å². The first-order valence-corrected chi connectivity index (χ1v) is 6.57. The zero-order valence-electron chi connectivity index (χ0n) is 11.8. The highest BCUT2D eigenvalue weighted by Crippen LogP contribution is 2.24. The number of carbonyl (C=O) groups excluding carboxylic acids is 2. The fourth-order valence-corrected chi connectivity index (χ4v) is 2.00. The summed E-state index contributed by atoms with van der Waals surface area (Å²) < 4.78 is 0. The van der Waals surface area contributed by atoms with E-state index in [-0.39, 0.29) is 5.91 Å². The lowest BCUT2D eigenvalue weighted by Crippen LogP contribution is -2.07. The molecule has 106 valence electrons. The number of nitrogens with zero attached hydrogens (tertiary/aromatic N) is 1. The average molecular weight is 280 g/mol. The molecule has 0 saturated carbocycles. The van der Waals surface area contributed by atoms with Crippen LogP contribution in [0.15, 0.2) is 49.2 Å². The highest BCUT2D eigenvalue weighted by molar-refractivity contribution is 5.99. The molecule has 1 heterocycles. The average Bonchev–Trinajstić information content (AvgIpc) is 2.50. The number of carbonyl (C=O) groups is 2. The zero-order valence-corrected chi connectivity index (χ0v) is 11.8. The molecule has 0 fully saturated rings.